The summed E-state index contributed by atoms with van der Waals surface area (Å²) in [7, 11) is 0. The number of likely N-dealkylation sites (tertiary alicyclic amines) is 1. The third-order valence-electron chi connectivity index (χ3n) is 3.22. The van der Waals surface area contributed by atoms with Gasteiger partial charge >= 0.3 is 59.1 Å². The smallest absolute Gasteiger partial charge is 0.550 e. The first-order valence-electron chi connectivity index (χ1n) is 6.22. The molecule has 1 aliphatic rings. The van der Waals surface area contributed by atoms with Crippen LogP contribution in [-0.2, 0) is 9.59 Å². The number of rotatable bonds is 7. The van der Waals surface area contributed by atoms with Crippen LogP contribution in [0, 0.1) is 5.92 Å². The molecule has 7 heteroatoms. The molecule has 0 radical (unpaired) electrons. The molecule has 0 aliphatic carbocycles. The molecule has 1 rings (SSSR count). The molecule has 0 spiro atoms. The minimum atomic E-state index is -1.32. The predicted molar refractivity (Wildman–Crippen MR) is 57.6 cm³/mol. The topological polar surface area (TPSA) is 83.5 Å². The number of hydrogen-bond acceptors (Lipinski definition) is 5. The first kappa shape index (κ1) is 22.2. The van der Waals surface area contributed by atoms with Crippen LogP contribution in [0.1, 0.15) is 38.5 Å². The van der Waals surface area contributed by atoms with Crippen molar-refractivity contribution in [1.29, 1.82) is 0 Å². The summed E-state index contributed by atoms with van der Waals surface area (Å²) >= 11 is 0. The normalized spacial score (nSPS) is 16.8. The van der Waals surface area contributed by atoms with E-state index in [1.165, 1.54) is 19.3 Å². The summed E-state index contributed by atoms with van der Waals surface area (Å²) in [5.41, 5.74) is 0. The van der Waals surface area contributed by atoms with Crippen LogP contribution >= 0.6 is 0 Å². The molecule has 0 saturated carbocycles. The first-order chi connectivity index (χ1) is 8.09. The summed E-state index contributed by atoms with van der Waals surface area (Å²) in [5.74, 6) is -3.52. The second-order valence-electron chi connectivity index (χ2n) is 4.64. The summed E-state index contributed by atoms with van der Waals surface area (Å²) in [6.45, 7) is 2.98. The van der Waals surface area contributed by atoms with Crippen LogP contribution in [0.25, 0.3) is 0 Å². The molecule has 1 heterocycles. The van der Waals surface area contributed by atoms with Crippen molar-refractivity contribution < 1.29 is 78.9 Å². The molecule has 0 aromatic carbocycles. The van der Waals surface area contributed by atoms with Gasteiger partial charge in [0.1, 0.15) is 0 Å². The average Bonchev–Trinajstić information content (AvgIpc) is 2.28. The fourth-order valence-corrected chi connectivity index (χ4v) is 2.25. The van der Waals surface area contributed by atoms with Gasteiger partial charge in [0.2, 0.25) is 0 Å². The van der Waals surface area contributed by atoms with E-state index < -0.39 is 24.3 Å². The van der Waals surface area contributed by atoms with Crippen LogP contribution in [0.15, 0.2) is 0 Å². The predicted octanol–water partition coefficient (Wildman–Crippen LogP) is -7.23. The van der Waals surface area contributed by atoms with Crippen LogP contribution in [0.3, 0.4) is 0 Å². The molecule has 0 bridgehead atoms. The SMILES string of the molecule is O=C([O-])CC(CCCN1CCCCC1)C(=O)[O-].[Na+].[Na+]. The van der Waals surface area contributed by atoms with E-state index in [0.29, 0.717) is 12.8 Å². The number of piperidine rings is 1. The van der Waals surface area contributed by atoms with Crippen LogP contribution in [0.2, 0.25) is 0 Å². The van der Waals surface area contributed by atoms with Crippen molar-refractivity contribution in [3.8, 4) is 0 Å². The van der Waals surface area contributed by atoms with Crippen molar-refractivity contribution in [2.45, 2.75) is 38.5 Å². The third-order valence-corrected chi connectivity index (χ3v) is 3.22. The molecule has 19 heavy (non-hydrogen) atoms. The standard InChI is InChI=1S/C12H21NO4.2Na/c14-11(15)9-10(12(16)17)5-4-8-13-6-2-1-3-7-13;;/h10H,1-9H2,(H,14,15)(H,16,17);;/q;2*+1/p-2. The largest absolute Gasteiger partial charge is 1.00 e. The van der Waals surface area contributed by atoms with E-state index in [0.717, 1.165) is 19.6 Å². The van der Waals surface area contributed by atoms with Crippen molar-refractivity contribution >= 4 is 11.9 Å². The Labute approximate surface area is 158 Å². The van der Waals surface area contributed by atoms with Gasteiger partial charge in [-0.05, 0) is 51.7 Å². The first-order valence-corrected chi connectivity index (χ1v) is 6.22. The maximum absolute atomic E-state index is 10.7. The molecule has 0 N–H and O–H groups in total. The number of carbonyl (C=O) groups is 2. The van der Waals surface area contributed by atoms with Gasteiger partial charge in [0.15, 0.2) is 0 Å². The van der Waals surface area contributed by atoms with Gasteiger partial charge in [-0.2, -0.15) is 0 Å². The Kier molecular flexibility index (Phi) is 14.7. The minimum Gasteiger partial charge on any atom is -0.550 e. The van der Waals surface area contributed by atoms with Gasteiger partial charge in [-0.1, -0.05) is 6.42 Å². The average molecular weight is 287 g/mol. The fraction of sp³-hybridized carbons (Fsp3) is 0.833. The summed E-state index contributed by atoms with van der Waals surface area (Å²) in [5, 5.41) is 21.1. The monoisotopic (exact) mass is 287 g/mol. The van der Waals surface area contributed by atoms with Crippen LogP contribution in [0.5, 0.6) is 0 Å². The Balaban J connectivity index is 0. The maximum atomic E-state index is 10.7. The maximum Gasteiger partial charge on any atom is 1.00 e. The van der Waals surface area contributed by atoms with Gasteiger partial charge in [-0.15, -0.1) is 0 Å². The number of hydrogen-bond donors (Lipinski definition) is 0. The Hall–Kier alpha value is 0.900. The van der Waals surface area contributed by atoms with Gasteiger partial charge in [0.05, 0.1) is 0 Å². The van der Waals surface area contributed by atoms with Crippen molar-refractivity contribution in [2.24, 2.45) is 5.92 Å². The zero-order chi connectivity index (χ0) is 12.7. The molecule has 0 amide bonds. The zero-order valence-electron chi connectivity index (χ0n) is 12.0. The number of aliphatic carboxylic acids is 2. The molecule has 98 valence electrons. The zero-order valence-corrected chi connectivity index (χ0v) is 16.0. The quantitative estimate of drug-likeness (QED) is 0.434. The Morgan fingerprint density at radius 2 is 1.63 bits per heavy atom. The van der Waals surface area contributed by atoms with Crippen LogP contribution in [0.4, 0.5) is 0 Å². The number of carboxylic acids is 2. The molecule has 1 fully saturated rings. The van der Waals surface area contributed by atoms with E-state index in [9.17, 15) is 19.8 Å². The van der Waals surface area contributed by atoms with E-state index in [2.05, 4.69) is 4.90 Å². The molecule has 5 nitrogen and oxygen atoms in total. The summed E-state index contributed by atoms with van der Waals surface area (Å²) < 4.78 is 0. The van der Waals surface area contributed by atoms with E-state index in [4.69, 9.17) is 0 Å². The van der Waals surface area contributed by atoms with Gasteiger partial charge < -0.3 is 24.7 Å². The Morgan fingerprint density at radius 3 is 2.11 bits per heavy atom. The van der Waals surface area contributed by atoms with Crippen molar-refractivity contribution in [3.63, 3.8) is 0 Å². The van der Waals surface area contributed by atoms with Gasteiger partial charge in [0.25, 0.3) is 0 Å². The molecular formula is C12H19NNa2O4. The summed E-state index contributed by atoms with van der Waals surface area (Å²) in [4.78, 5) is 23.4. The molecule has 0 aromatic heterocycles. The number of carboxylic acid groups (broad SMARTS) is 2. The molecular weight excluding hydrogens is 268 g/mol. The van der Waals surface area contributed by atoms with E-state index in [-0.39, 0.29) is 59.1 Å². The third kappa shape index (κ3) is 10.3. The van der Waals surface area contributed by atoms with Gasteiger partial charge in [-0.25, -0.2) is 0 Å². The Morgan fingerprint density at radius 1 is 1.05 bits per heavy atom. The molecule has 0 aromatic rings. The van der Waals surface area contributed by atoms with Crippen LogP contribution < -0.4 is 69.3 Å². The van der Waals surface area contributed by atoms with E-state index in [1.807, 2.05) is 0 Å². The van der Waals surface area contributed by atoms with Crippen molar-refractivity contribution in [1.82, 2.24) is 4.90 Å². The molecule has 1 aliphatic heterocycles. The van der Waals surface area contributed by atoms with Crippen molar-refractivity contribution in [2.75, 3.05) is 19.6 Å². The number of carbonyl (C=O) groups excluding carboxylic acids is 2. The van der Waals surface area contributed by atoms with E-state index in [1.54, 1.807) is 0 Å². The Bertz CT molecular complexity index is 270. The molecule has 1 saturated heterocycles. The second-order valence-corrected chi connectivity index (χ2v) is 4.64. The second kappa shape index (κ2) is 12.6. The summed E-state index contributed by atoms with van der Waals surface area (Å²) in [6, 6.07) is 0. The van der Waals surface area contributed by atoms with Gasteiger partial charge in [-0.3, -0.25) is 0 Å². The van der Waals surface area contributed by atoms with Gasteiger partial charge in [0, 0.05) is 17.9 Å². The van der Waals surface area contributed by atoms with Crippen LogP contribution in [-0.4, -0.2) is 36.5 Å². The van der Waals surface area contributed by atoms with Crippen molar-refractivity contribution in [3.05, 3.63) is 0 Å². The molecule has 1 atom stereocenters. The minimum absolute atomic E-state index is 0. The fourth-order valence-electron chi connectivity index (χ4n) is 2.25. The van der Waals surface area contributed by atoms with E-state index >= 15 is 0 Å². The summed E-state index contributed by atoms with van der Waals surface area (Å²) in [6.07, 6.45) is 4.27. The molecule has 1 unspecified atom stereocenters. The number of nitrogens with zero attached hydrogens (tertiary/aromatic N) is 1.